The van der Waals surface area contributed by atoms with Crippen LogP contribution < -0.4 is 5.73 Å². The highest BCUT2D eigenvalue weighted by atomic mass is 16.5. The molecule has 70 valence electrons. The normalized spacial score (nSPS) is 10.0. The molecule has 0 aliphatic carbocycles. The van der Waals surface area contributed by atoms with E-state index in [1.165, 1.54) is 7.11 Å². The van der Waals surface area contributed by atoms with Crippen LogP contribution in [-0.2, 0) is 4.74 Å². The zero-order valence-corrected chi connectivity index (χ0v) is 7.83. The molecule has 0 unspecified atom stereocenters. The van der Waals surface area contributed by atoms with Gasteiger partial charge in [0.25, 0.3) is 0 Å². The third-order valence-electron chi connectivity index (χ3n) is 1.88. The molecule has 1 aromatic carbocycles. The van der Waals surface area contributed by atoms with Gasteiger partial charge in [0.15, 0.2) is 5.78 Å². The van der Waals surface area contributed by atoms with Crippen molar-refractivity contribution in [3.05, 3.63) is 29.3 Å². The van der Waals surface area contributed by atoms with Gasteiger partial charge >= 0.3 is 0 Å². The fourth-order valence-corrected chi connectivity index (χ4v) is 1.03. The summed E-state index contributed by atoms with van der Waals surface area (Å²) in [6, 6.07) is 5.27. The Bertz CT molecular complexity index is 321. The van der Waals surface area contributed by atoms with Crippen LogP contribution in [0.5, 0.6) is 0 Å². The molecule has 0 aromatic heterocycles. The number of aryl methyl sites for hydroxylation is 1. The van der Waals surface area contributed by atoms with Crippen LogP contribution in [0.3, 0.4) is 0 Å². The number of ketones is 1. The minimum atomic E-state index is -0.0470. The van der Waals surface area contributed by atoms with Crippen LogP contribution in [0.15, 0.2) is 18.2 Å². The highest BCUT2D eigenvalue weighted by Crippen LogP contribution is 2.13. The fourth-order valence-electron chi connectivity index (χ4n) is 1.03. The number of ether oxygens (including phenoxy) is 1. The van der Waals surface area contributed by atoms with Gasteiger partial charge in [0.05, 0.1) is 0 Å². The molecule has 0 aliphatic heterocycles. The minimum Gasteiger partial charge on any atom is -0.398 e. The van der Waals surface area contributed by atoms with E-state index in [4.69, 9.17) is 10.5 Å². The Kier molecular flexibility index (Phi) is 3.03. The summed E-state index contributed by atoms with van der Waals surface area (Å²) >= 11 is 0. The van der Waals surface area contributed by atoms with E-state index in [0.29, 0.717) is 11.3 Å². The third-order valence-corrected chi connectivity index (χ3v) is 1.88. The Morgan fingerprint density at radius 2 is 2.23 bits per heavy atom. The van der Waals surface area contributed by atoms with Gasteiger partial charge in [-0.3, -0.25) is 4.79 Å². The largest absolute Gasteiger partial charge is 0.398 e. The van der Waals surface area contributed by atoms with Crippen molar-refractivity contribution < 1.29 is 9.53 Å². The summed E-state index contributed by atoms with van der Waals surface area (Å²) in [4.78, 5) is 11.3. The summed E-state index contributed by atoms with van der Waals surface area (Å²) in [7, 11) is 1.50. The number of hydrogen-bond donors (Lipinski definition) is 1. The molecule has 0 aliphatic rings. The van der Waals surface area contributed by atoms with E-state index >= 15 is 0 Å². The Balaban J connectivity index is 2.90. The molecule has 0 fully saturated rings. The summed E-state index contributed by atoms with van der Waals surface area (Å²) in [6.07, 6.45) is 0. The number of rotatable bonds is 3. The number of nitrogen functional groups attached to an aromatic ring is 1. The minimum absolute atomic E-state index is 0.0470. The predicted molar refractivity (Wildman–Crippen MR) is 51.8 cm³/mol. The van der Waals surface area contributed by atoms with Crippen LogP contribution in [0.4, 0.5) is 5.69 Å². The number of Topliss-reactive ketones (excluding diaryl/α,β-unsaturated/α-hetero) is 1. The second kappa shape index (κ2) is 4.05. The Morgan fingerprint density at radius 3 is 2.77 bits per heavy atom. The van der Waals surface area contributed by atoms with Gasteiger partial charge in [0.1, 0.15) is 6.61 Å². The van der Waals surface area contributed by atoms with Crippen LogP contribution in [0.2, 0.25) is 0 Å². The van der Waals surface area contributed by atoms with Crippen LogP contribution in [0.25, 0.3) is 0 Å². The van der Waals surface area contributed by atoms with Crippen LogP contribution in [-0.4, -0.2) is 19.5 Å². The standard InChI is InChI=1S/C10H13NO2/c1-7-3-4-8(5-9(7)11)10(12)6-13-2/h3-5H,6,11H2,1-2H3. The molecule has 1 rings (SSSR count). The smallest absolute Gasteiger partial charge is 0.188 e. The summed E-state index contributed by atoms with van der Waals surface area (Å²) in [5.41, 5.74) is 7.88. The lowest BCUT2D eigenvalue weighted by atomic mass is 10.1. The van der Waals surface area contributed by atoms with E-state index in [1.54, 1.807) is 12.1 Å². The number of methoxy groups -OCH3 is 1. The second-order valence-corrected chi connectivity index (χ2v) is 2.93. The zero-order chi connectivity index (χ0) is 9.84. The van der Waals surface area contributed by atoms with E-state index in [-0.39, 0.29) is 12.4 Å². The van der Waals surface area contributed by atoms with E-state index in [0.717, 1.165) is 5.56 Å². The maximum atomic E-state index is 11.3. The molecule has 0 bridgehead atoms. The molecular weight excluding hydrogens is 166 g/mol. The van der Waals surface area contributed by atoms with Crippen molar-refractivity contribution in [2.24, 2.45) is 0 Å². The quantitative estimate of drug-likeness (QED) is 0.563. The van der Waals surface area contributed by atoms with Crippen LogP contribution >= 0.6 is 0 Å². The molecule has 2 N–H and O–H groups in total. The van der Waals surface area contributed by atoms with Crippen molar-refractivity contribution >= 4 is 11.5 Å². The van der Waals surface area contributed by atoms with Gasteiger partial charge in [0.2, 0.25) is 0 Å². The Hall–Kier alpha value is -1.35. The summed E-state index contributed by atoms with van der Waals surface area (Å²) in [5, 5.41) is 0. The lowest BCUT2D eigenvalue weighted by molar-refractivity contribution is 0.0848. The SMILES string of the molecule is COCC(=O)c1ccc(C)c(N)c1. The highest BCUT2D eigenvalue weighted by molar-refractivity contribution is 5.97. The molecular formula is C10H13NO2. The molecule has 0 radical (unpaired) electrons. The van der Waals surface area contributed by atoms with Gasteiger partial charge in [-0.1, -0.05) is 12.1 Å². The maximum absolute atomic E-state index is 11.3. The highest BCUT2D eigenvalue weighted by Gasteiger charge is 2.05. The van der Waals surface area contributed by atoms with Gasteiger partial charge in [-0.2, -0.15) is 0 Å². The molecule has 13 heavy (non-hydrogen) atoms. The number of hydrogen-bond acceptors (Lipinski definition) is 3. The number of carbonyl (C=O) groups excluding carboxylic acids is 1. The van der Waals surface area contributed by atoms with E-state index in [2.05, 4.69) is 0 Å². The second-order valence-electron chi connectivity index (χ2n) is 2.93. The molecule has 0 amide bonds. The van der Waals surface area contributed by atoms with Gasteiger partial charge in [-0.05, 0) is 18.6 Å². The molecule has 3 nitrogen and oxygen atoms in total. The lowest BCUT2D eigenvalue weighted by Gasteiger charge is -2.03. The van der Waals surface area contributed by atoms with Crippen LogP contribution in [0, 0.1) is 6.92 Å². The molecule has 1 aromatic rings. The van der Waals surface area contributed by atoms with Gasteiger partial charge in [-0.15, -0.1) is 0 Å². The van der Waals surface area contributed by atoms with Crippen molar-refractivity contribution in [1.82, 2.24) is 0 Å². The van der Waals surface area contributed by atoms with E-state index < -0.39 is 0 Å². The number of benzene rings is 1. The summed E-state index contributed by atoms with van der Waals surface area (Å²) in [5.74, 6) is -0.0470. The summed E-state index contributed by atoms with van der Waals surface area (Å²) in [6.45, 7) is 2.00. The van der Waals surface area contributed by atoms with Gasteiger partial charge < -0.3 is 10.5 Å². The van der Waals surface area contributed by atoms with Crippen molar-refractivity contribution in [3.63, 3.8) is 0 Å². The van der Waals surface area contributed by atoms with E-state index in [1.807, 2.05) is 13.0 Å². The molecule has 0 spiro atoms. The first-order valence-electron chi connectivity index (χ1n) is 4.03. The monoisotopic (exact) mass is 179 g/mol. The first-order valence-corrected chi connectivity index (χ1v) is 4.03. The summed E-state index contributed by atoms with van der Waals surface area (Å²) < 4.78 is 4.74. The van der Waals surface area contributed by atoms with Gasteiger partial charge in [-0.25, -0.2) is 0 Å². The lowest BCUT2D eigenvalue weighted by Crippen LogP contribution is -2.07. The van der Waals surface area contributed by atoms with Crippen molar-refractivity contribution in [2.45, 2.75) is 6.92 Å². The number of carbonyl (C=O) groups is 1. The molecule has 0 heterocycles. The number of anilines is 1. The van der Waals surface area contributed by atoms with Crippen molar-refractivity contribution in [2.75, 3.05) is 19.5 Å². The zero-order valence-electron chi connectivity index (χ0n) is 7.83. The van der Waals surface area contributed by atoms with Gasteiger partial charge in [0, 0.05) is 18.4 Å². The fraction of sp³-hybridized carbons (Fsp3) is 0.300. The Labute approximate surface area is 77.5 Å². The van der Waals surface area contributed by atoms with Crippen molar-refractivity contribution in [1.29, 1.82) is 0 Å². The predicted octanol–water partition coefficient (Wildman–Crippen LogP) is 1.41. The number of nitrogens with two attached hydrogens (primary N) is 1. The van der Waals surface area contributed by atoms with Crippen molar-refractivity contribution in [3.8, 4) is 0 Å². The molecule has 3 heteroatoms. The molecule has 0 atom stereocenters. The molecule has 0 saturated heterocycles. The first kappa shape index (κ1) is 9.74. The first-order chi connectivity index (χ1) is 6.15. The Morgan fingerprint density at radius 1 is 1.54 bits per heavy atom. The molecule has 0 saturated carbocycles. The third kappa shape index (κ3) is 2.29. The van der Waals surface area contributed by atoms with Crippen LogP contribution in [0.1, 0.15) is 15.9 Å². The van der Waals surface area contributed by atoms with E-state index in [9.17, 15) is 4.79 Å². The average Bonchev–Trinajstić information content (AvgIpc) is 2.10. The maximum Gasteiger partial charge on any atom is 0.188 e. The topological polar surface area (TPSA) is 52.3 Å². The average molecular weight is 179 g/mol.